The van der Waals surface area contributed by atoms with Gasteiger partial charge < -0.3 is 14.5 Å². The Morgan fingerprint density at radius 3 is 2.26 bits per heavy atom. The molecule has 31 heavy (non-hydrogen) atoms. The first-order valence-electron chi connectivity index (χ1n) is 10.2. The van der Waals surface area contributed by atoms with Gasteiger partial charge in [0.1, 0.15) is 0 Å². The van der Waals surface area contributed by atoms with E-state index in [1.165, 1.54) is 14.0 Å². The third kappa shape index (κ3) is 4.17. The Morgan fingerprint density at radius 2 is 1.71 bits per heavy atom. The van der Waals surface area contributed by atoms with Crippen molar-refractivity contribution in [2.24, 2.45) is 11.8 Å². The summed E-state index contributed by atoms with van der Waals surface area (Å²) in [7, 11) is 1.25. The van der Waals surface area contributed by atoms with Crippen LogP contribution in [0.5, 0.6) is 0 Å². The van der Waals surface area contributed by atoms with E-state index in [0.29, 0.717) is 24.1 Å². The number of hydrogen-bond acceptors (Lipinski definition) is 7. The second kappa shape index (κ2) is 8.87. The number of fused-ring (bicyclic) bond motifs is 1. The predicted molar refractivity (Wildman–Crippen MR) is 108 cm³/mol. The van der Waals surface area contributed by atoms with Crippen LogP contribution < -0.4 is 0 Å². The van der Waals surface area contributed by atoms with Crippen LogP contribution in [0.3, 0.4) is 0 Å². The normalized spacial score (nSPS) is 21.1. The highest BCUT2D eigenvalue weighted by Crippen LogP contribution is 2.35. The number of ether oxygens (including phenoxy) is 2. The molecule has 1 aliphatic carbocycles. The zero-order valence-corrected chi connectivity index (χ0v) is 18.0. The van der Waals surface area contributed by atoms with Crippen LogP contribution in [-0.2, 0) is 23.9 Å². The number of ketones is 1. The number of esters is 2. The maximum absolute atomic E-state index is 12.7. The molecule has 1 aliphatic heterocycles. The van der Waals surface area contributed by atoms with Crippen molar-refractivity contribution in [2.75, 3.05) is 13.7 Å². The fourth-order valence-electron chi connectivity index (χ4n) is 4.21. The lowest BCUT2D eigenvalue weighted by molar-refractivity contribution is -0.147. The van der Waals surface area contributed by atoms with Gasteiger partial charge in [-0.1, -0.05) is 12.2 Å². The summed E-state index contributed by atoms with van der Waals surface area (Å²) in [5.41, 5.74) is 1.33. The van der Waals surface area contributed by atoms with Gasteiger partial charge in [0.15, 0.2) is 6.10 Å². The molecule has 0 aromatic carbocycles. The summed E-state index contributed by atoms with van der Waals surface area (Å²) in [4.78, 5) is 65.8. The van der Waals surface area contributed by atoms with Crippen LogP contribution in [0.2, 0.25) is 0 Å². The first kappa shape index (κ1) is 22.5. The minimum absolute atomic E-state index is 0.0719. The number of carbonyl (C=O) groups excluding carboxylic acids is 5. The molecule has 9 heteroatoms. The van der Waals surface area contributed by atoms with E-state index >= 15 is 0 Å². The molecule has 1 fully saturated rings. The third-order valence-electron chi connectivity index (χ3n) is 5.89. The van der Waals surface area contributed by atoms with E-state index in [0.717, 1.165) is 4.90 Å². The lowest BCUT2D eigenvalue weighted by atomic mass is 9.85. The van der Waals surface area contributed by atoms with Gasteiger partial charge in [0.25, 0.3) is 0 Å². The van der Waals surface area contributed by atoms with Crippen molar-refractivity contribution in [2.45, 2.75) is 46.1 Å². The molecule has 3 rings (SSSR count). The van der Waals surface area contributed by atoms with Crippen LogP contribution in [0.1, 0.15) is 58.3 Å². The number of nitrogens with one attached hydrogen (secondary N) is 1. The van der Waals surface area contributed by atoms with Crippen LogP contribution in [-0.4, -0.2) is 59.2 Å². The maximum atomic E-state index is 12.7. The van der Waals surface area contributed by atoms with Crippen molar-refractivity contribution < 1.29 is 33.4 Å². The first-order chi connectivity index (χ1) is 14.7. The summed E-state index contributed by atoms with van der Waals surface area (Å²) < 4.78 is 9.95. The largest absolute Gasteiger partial charge is 0.465 e. The molecule has 1 saturated heterocycles. The third-order valence-corrected chi connectivity index (χ3v) is 5.89. The second-order valence-corrected chi connectivity index (χ2v) is 7.85. The van der Waals surface area contributed by atoms with Crippen LogP contribution in [0.15, 0.2) is 12.2 Å². The minimum atomic E-state index is -1.11. The van der Waals surface area contributed by atoms with E-state index in [1.807, 2.05) is 12.2 Å². The molecule has 1 aromatic heterocycles. The molecule has 9 nitrogen and oxygen atoms in total. The number of H-pyrrole nitrogens is 1. The van der Waals surface area contributed by atoms with Crippen molar-refractivity contribution in [3.05, 3.63) is 34.7 Å². The Morgan fingerprint density at radius 1 is 1.13 bits per heavy atom. The monoisotopic (exact) mass is 430 g/mol. The number of allylic oxidation sites excluding steroid dienone is 2. The SMILES string of the molecule is COC(=O)c1c(C)[nH]c(C(=O)[C@@H](C)OC(=O)CCN2C(=O)[C@H]3CC=CC[C@H]3C2=O)c1C. The van der Waals surface area contributed by atoms with Crippen LogP contribution in [0.25, 0.3) is 0 Å². The topological polar surface area (TPSA) is 123 Å². The number of aromatic amines is 1. The number of Topliss-reactive ketones (excluding diaryl/α,β-unsaturated/α-hetero) is 1. The molecule has 2 heterocycles. The summed E-state index contributed by atoms with van der Waals surface area (Å²) in [6, 6.07) is 0. The highest BCUT2D eigenvalue weighted by atomic mass is 16.5. The van der Waals surface area contributed by atoms with Gasteiger partial charge >= 0.3 is 11.9 Å². The maximum Gasteiger partial charge on any atom is 0.339 e. The number of carbonyl (C=O) groups is 5. The van der Waals surface area contributed by atoms with E-state index in [4.69, 9.17) is 9.47 Å². The van der Waals surface area contributed by atoms with Gasteiger partial charge in [0.2, 0.25) is 17.6 Å². The lowest BCUT2D eigenvalue weighted by Gasteiger charge is -2.16. The fourth-order valence-corrected chi connectivity index (χ4v) is 4.21. The average Bonchev–Trinajstić information content (AvgIpc) is 3.18. The number of methoxy groups -OCH3 is 1. The minimum Gasteiger partial charge on any atom is -0.465 e. The zero-order valence-electron chi connectivity index (χ0n) is 18.0. The Labute approximate surface area is 179 Å². The second-order valence-electron chi connectivity index (χ2n) is 7.85. The number of amides is 2. The van der Waals surface area contributed by atoms with E-state index in [-0.39, 0.29) is 47.9 Å². The smallest absolute Gasteiger partial charge is 0.339 e. The molecular weight excluding hydrogens is 404 g/mol. The van der Waals surface area contributed by atoms with Crippen molar-refractivity contribution in [3.8, 4) is 0 Å². The number of rotatable bonds is 7. The zero-order chi connectivity index (χ0) is 22.9. The molecule has 166 valence electrons. The van der Waals surface area contributed by atoms with Crippen LogP contribution in [0.4, 0.5) is 0 Å². The van der Waals surface area contributed by atoms with Gasteiger partial charge in [-0.3, -0.25) is 24.1 Å². The number of aromatic nitrogens is 1. The van der Waals surface area contributed by atoms with E-state index in [1.54, 1.807) is 13.8 Å². The molecule has 2 aliphatic rings. The summed E-state index contributed by atoms with van der Waals surface area (Å²) in [5.74, 6) is -2.97. The van der Waals surface area contributed by atoms with Crippen LogP contribution >= 0.6 is 0 Å². The van der Waals surface area contributed by atoms with Gasteiger partial charge in [-0.15, -0.1) is 0 Å². The Bertz CT molecular complexity index is 949. The summed E-state index contributed by atoms with van der Waals surface area (Å²) in [6.07, 6.45) is 3.55. The number of imide groups is 1. The molecule has 0 unspecified atom stereocenters. The summed E-state index contributed by atoms with van der Waals surface area (Å²) in [5, 5.41) is 0. The van der Waals surface area contributed by atoms with Gasteiger partial charge in [-0.25, -0.2) is 4.79 Å². The predicted octanol–water partition coefficient (Wildman–Crippen LogP) is 1.87. The highest BCUT2D eigenvalue weighted by molar-refractivity contribution is 6.06. The number of nitrogens with zero attached hydrogens (tertiary/aromatic N) is 1. The molecule has 0 radical (unpaired) electrons. The molecule has 0 bridgehead atoms. The van der Waals surface area contributed by atoms with Gasteiger partial charge in [0, 0.05) is 12.2 Å². The van der Waals surface area contributed by atoms with Crippen molar-refractivity contribution in [1.82, 2.24) is 9.88 Å². The molecule has 1 N–H and O–H groups in total. The fraction of sp³-hybridized carbons (Fsp3) is 0.500. The summed E-state index contributed by atoms with van der Waals surface area (Å²) in [6.45, 7) is 4.61. The molecule has 1 aromatic rings. The quantitative estimate of drug-likeness (QED) is 0.303. The standard InChI is InChI=1S/C22H26N2O7/c1-11-17(22(29)30-4)12(2)23-18(11)19(26)13(3)31-16(25)9-10-24-20(27)14-7-5-6-8-15(14)21(24)28/h5-6,13-15,23H,7-10H2,1-4H3/t13-,14-,15+/m1/s1. The highest BCUT2D eigenvalue weighted by Gasteiger charge is 2.47. The molecule has 0 spiro atoms. The Balaban J connectivity index is 1.59. The molecule has 3 atom stereocenters. The van der Waals surface area contributed by atoms with Crippen molar-refractivity contribution in [1.29, 1.82) is 0 Å². The Hall–Kier alpha value is -3.23. The van der Waals surface area contributed by atoms with Crippen molar-refractivity contribution >= 4 is 29.5 Å². The average molecular weight is 430 g/mol. The molecule has 0 saturated carbocycles. The number of hydrogen-bond donors (Lipinski definition) is 1. The number of likely N-dealkylation sites (tertiary alicyclic amines) is 1. The van der Waals surface area contributed by atoms with Crippen molar-refractivity contribution in [3.63, 3.8) is 0 Å². The summed E-state index contributed by atoms with van der Waals surface area (Å²) >= 11 is 0. The molecule has 2 amide bonds. The molecular formula is C22H26N2O7. The lowest BCUT2D eigenvalue weighted by Crippen LogP contribution is -2.34. The van der Waals surface area contributed by atoms with Gasteiger partial charge in [0.05, 0.1) is 36.6 Å². The van der Waals surface area contributed by atoms with Crippen LogP contribution in [0, 0.1) is 25.7 Å². The van der Waals surface area contributed by atoms with E-state index < -0.39 is 23.8 Å². The van der Waals surface area contributed by atoms with Gasteiger partial charge in [-0.2, -0.15) is 0 Å². The van der Waals surface area contributed by atoms with E-state index in [2.05, 4.69) is 4.98 Å². The van der Waals surface area contributed by atoms with E-state index in [9.17, 15) is 24.0 Å². The first-order valence-corrected chi connectivity index (χ1v) is 10.2. The number of aryl methyl sites for hydroxylation is 1. The van der Waals surface area contributed by atoms with Gasteiger partial charge in [-0.05, 0) is 39.2 Å². The Kier molecular flexibility index (Phi) is 6.42.